The molecule has 12 heavy (non-hydrogen) atoms. The first-order chi connectivity index (χ1) is 5.81. The number of aliphatic hydroxyl groups excluding tert-OH is 1. The summed E-state index contributed by atoms with van der Waals surface area (Å²) in [5, 5.41) is 8.77. The fraction of sp³-hybridized carbons (Fsp3) is 0.400. The molecule has 1 heterocycles. The van der Waals surface area contributed by atoms with Crippen LogP contribution in [0, 0.1) is 6.92 Å². The van der Waals surface area contributed by atoms with Crippen LogP contribution >= 0.6 is 0 Å². The third-order valence-corrected chi connectivity index (χ3v) is 2.17. The van der Waals surface area contributed by atoms with E-state index >= 15 is 0 Å². The van der Waals surface area contributed by atoms with Gasteiger partial charge in [0.25, 0.3) is 0 Å². The number of aliphatic hydroxyl groups is 1. The van der Waals surface area contributed by atoms with Crippen LogP contribution in [0.5, 0.6) is 0 Å². The van der Waals surface area contributed by atoms with Crippen LogP contribution in [0.3, 0.4) is 0 Å². The summed E-state index contributed by atoms with van der Waals surface area (Å²) in [6.45, 7) is 2.18. The normalized spacial score (nSPS) is 27.2. The topological polar surface area (TPSA) is 32.8 Å². The summed E-state index contributed by atoms with van der Waals surface area (Å²) in [4.78, 5) is 0. The van der Waals surface area contributed by atoms with Crippen LogP contribution < -0.4 is 0 Å². The van der Waals surface area contributed by atoms with Crippen molar-refractivity contribution in [1.82, 2.24) is 0 Å². The number of rotatable bonds is 2. The Labute approximate surface area is 71.8 Å². The highest BCUT2D eigenvalue weighted by Gasteiger charge is 2.39. The van der Waals surface area contributed by atoms with Crippen LogP contribution in [0.2, 0.25) is 0 Å². The van der Waals surface area contributed by atoms with Gasteiger partial charge in [-0.05, 0) is 12.5 Å². The van der Waals surface area contributed by atoms with Gasteiger partial charge in [-0.25, -0.2) is 0 Å². The Balaban J connectivity index is 2.10. The molecule has 1 aliphatic rings. The molecule has 1 aliphatic heterocycles. The Morgan fingerprint density at radius 2 is 2.00 bits per heavy atom. The number of hydrogen-bond donors (Lipinski definition) is 1. The van der Waals surface area contributed by atoms with Crippen molar-refractivity contribution in [3.05, 3.63) is 35.4 Å². The molecule has 2 nitrogen and oxygen atoms in total. The molecule has 0 aromatic heterocycles. The lowest BCUT2D eigenvalue weighted by atomic mass is 10.1. The molecule has 1 saturated heterocycles. The summed E-state index contributed by atoms with van der Waals surface area (Å²) in [5.41, 5.74) is 2.42. The molecule has 64 valence electrons. The van der Waals surface area contributed by atoms with E-state index in [0.717, 1.165) is 0 Å². The van der Waals surface area contributed by atoms with Crippen LogP contribution in [-0.4, -0.2) is 17.8 Å². The minimum atomic E-state index is 0.0349. The molecule has 0 amide bonds. The van der Waals surface area contributed by atoms with Gasteiger partial charge in [0.15, 0.2) is 0 Å². The van der Waals surface area contributed by atoms with Gasteiger partial charge in [0, 0.05) is 0 Å². The number of aryl methyl sites for hydroxylation is 1. The van der Waals surface area contributed by atoms with Gasteiger partial charge in [-0.2, -0.15) is 0 Å². The monoisotopic (exact) mass is 164 g/mol. The van der Waals surface area contributed by atoms with E-state index in [1.165, 1.54) is 11.1 Å². The number of ether oxygens (including phenoxy) is 1. The predicted molar refractivity (Wildman–Crippen MR) is 45.9 cm³/mol. The Morgan fingerprint density at radius 3 is 2.50 bits per heavy atom. The molecular weight excluding hydrogens is 152 g/mol. The lowest BCUT2D eigenvalue weighted by molar-refractivity contribution is 0.242. The molecule has 2 heteroatoms. The van der Waals surface area contributed by atoms with Gasteiger partial charge in [0.05, 0.1) is 6.61 Å². The molecule has 0 spiro atoms. The van der Waals surface area contributed by atoms with Crippen molar-refractivity contribution < 1.29 is 9.84 Å². The van der Waals surface area contributed by atoms with Gasteiger partial charge in [0.2, 0.25) is 0 Å². The molecule has 0 bridgehead atoms. The fourth-order valence-electron chi connectivity index (χ4n) is 1.33. The number of benzene rings is 1. The van der Waals surface area contributed by atoms with E-state index in [2.05, 4.69) is 31.2 Å². The van der Waals surface area contributed by atoms with Crippen molar-refractivity contribution in [2.24, 2.45) is 0 Å². The summed E-state index contributed by atoms with van der Waals surface area (Å²) >= 11 is 0. The predicted octanol–water partition coefficient (Wildman–Crippen LogP) is 1.43. The van der Waals surface area contributed by atoms with E-state index in [4.69, 9.17) is 9.84 Å². The average molecular weight is 164 g/mol. The molecule has 2 atom stereocenters. The largest absolute Gasteiger partial charge is 0.394 e. The molecule has 0 saturated carbocycles. The van der Waals surface area contributed by atoms with E-state index in [9.17, 15) is 0 Å². The second kappa shape index (κ2) is 2.88. The molecule has 1 N–H and O–H groups in total. The zero-order chi connectivity index (χ0) is 8.55. The van der Waals surface area contributed by atoms with E-state index in [1.54, 1.807) is 0 Å². The maximum absolute atomic E-state index is 8.77. The molecular formula is C10H12O2. The molecule has 1 fully saturated rings. The zero-order valence-electron chi connectivity index (χ0n) is 7.03. The molecule has 1 aromatic rings. The van der Waals surface area contributed by atoms with E-state index in [-0.39, 0.29) is 18.8 Å². The fourth-order valence-corrected chi connectivity index (χ4v) is 1.33. The summed E-state index contributed by atoms with van der Waals surface area (Å²) in [6.07, 6.45) is 0.170. The van der Waals surface area contributed by atoms with Crippen molar-refractivity contribution in [1.29, 1.82) is 0 Å². The molecule has 0 unspecified atom stereocenters. The van der Waals surface area contributed by atoms with Gasteiger partial charge in [-0.1, -0.05) is 29.8 Å². The summed E-state index contributed by atoms with van der Waals surface area (Å²) in [6, 6.07) is 8.22. The quantitative estimate of drug-likeness (QED) is 0.671. The summed E-state index contributed by atoms with van der Waals surface area (Å²) in [5.74, 6) is 0. The smallest absolute Gasteiger partial charge is 0.112 e. The van der Waals surface area contributed by atoms with Gasteiger partial charge in [-0.3, -0.25) is 0 Å². The Bertz CT molecular complexity index is 266. The Hall–Kier alpha value is -0.860. The summed E-state index contributed by atoms with van der Waals surface area (Å²) in [7, 11) is 0. The van der Waals surface area contributed by atoms with Gasteiger partial charge in [-0.15, -0.1) is 0 Å². The zero-order valence-corrected chi connectivity index (χ0v) is 7.03. The first-order valence-electron chi connectivity index (χ1n) is 4.14. The van der Waals surface area contributed by atoms with Crippen molar-refractivity contribution in [2.75, 3.05) is 6.61 Å². The molecule has 2 rings (SSSR count). The lowest BCUT2D eigenvalue weighted by Crippen LogP contribution is -1.94. The van der Waals surface area contributed by atoms with Crippen LogP contribution in [0.25, 0.3) is 0 Å². The Morgan fingerprint density at radius 1 is 1.33 bits per heavy atom. The average Bonchev–Trinajstić information content (AvgIpc) is 2.85. The van der Waals surface area contributed by atoms with Gasteiger partial charge >= 0.3 is 0 Å². The number of epoxide rings is 1. The van der Waals surface area contributed by atoms with Crippen LogP contribution in [0.4, 0.5) is 0 Å². The second-order valence-corrected chi connectivity index (χ2v) is 3.19. The standard InChI is InChI=1S/C10H12O2/c1-7-2-4-8(5-3-7)10-9(6-11)12-10/h2-5,9-11H,6H2,1H3/t9-,10-/m1/s1. The second-order valence-electron chi connectivity index (χ2n) is 3.19. The molecule has 0 aliphatic carbocycles. The van der Waals surface area contributed by atoms with Crippen LogP contribution in [0.1, 0.15) is 17.2 Å². The SMILES string of the molecule is Cc1ccc([C@H]2O[C@@H]2CO)cc1. The van der Waals surface area contributed by atoms with E-state index < -0.39 is 0 Å². The highest BCUT2D eigenvalue weighted by atomic mass is 16.6. The highest BCUT2D eigenvalue weighted by molar-refractivity contribution is 5.26. The molecule has 1 aromatic carbocycles. The van der Waals surface area contributed by atoms with Gasteiger partial charge < -0.3 is 9.84 Å². The maximum Gasteiger partial charge on any atom is 0.112 e. The maximum atomic E-state index is 8.77. The van der Waals surface area contributed by atoms with Crippen molar-refractivity contribution in [3.8, 4) is 0 Å². The van der Waals surface area contributed by atoms with Crippen molar-refractivity contribution >= 4 is 0 Å². The van der Waals surface area contributed by atoms with E-state index in [1.807, 2.05) is 0 Å². The van der Waals surface area contributed by atoms with Crippen molar-refractivity contribution in [3.63, 3.8) is 0 Å². The van der Waals surface area contributed by atoms with Crippen LogP contribution in [-0.2, 0) is 4.74 Å². The minimum Gasteiger partial charge on any atom is -0.394 e. The van der Waals surface area contributed by atoms with Crippen LogP contribution in [0.15, 0.2) is 24.3 Å². The molecule has 0 radical (unpaired) electrons. The lowest BCUT2D eigenvalue weighted by Gasteiger charge is -1.95. The first-order valence-corrected chi connectivity index (χ1v) is 4.14. The highest BCUT2D eigenvalue weighted by Crippen LogP contribution is 2.37. The third-order valence-electron chi connectivity index (χ3n) is 2.17. The number of hydrogen-bond acceptors (Lipinski definition) is 2. The first kappa shape index (κ1) is 7.77. The summed E-state index contributed by atoms with van der Waals surface area (Å²) < 4.78 is 5.24. The Kier molecular flexibility index (Phi) is 1.87. The van der Waals surface area contributed by atoms with Gasteiger partial charge in [0.1, 0.15) is 12.2 Å². The van der Waals surface area contributed by atoms with E-state index in [0.29, 0.717) is 0 Å². The minimum absolute atomic E-state index is 0.0349. The van der Waals surface area contributed by atoms with Crippen molar-refractivity contribution in [2.45, 2.75) is 19.1 Å². The third kappa shape index (κ3) is 1.36.